The number of ether oxygens (including phenoxy) is 1. The molecule has 7 nitrogen and oxygen atoms in total. The average Bonchev–Trinajstić information content (AvgIpc) is 2.63. The molecule has 1 heterocycles. The van der Waals surface area contributed by atoms with Gasteiger partial charge < -0.3 is 15.4 Å². The first kappa shape index (κ1) is 18.4. The maximum Gasteiger partial charge on any atom is 0.338 e. The van der Waals surface area contributed by atoms with E-state index in [0.717, 1.165) is 18.5 Å². The first-order valence-electron chi connectivity index (χ1n) is 8.28. The van der Waals surface area contributed by atoms with Crippen LogP contribution < -0.4 is 10.6 Å². The molecule has 0 bridgehead atoms. The Bertz CT molecular complexity index is 699. The van der Waals surface area contributed by atoms with Gasteiger partial charge in [-0.2, -0.15) is 0 Å². The molecule has 0 spiro atoms. The fourth-order valence-electron chi connectivity index (χ4n) is 2.03. The van der Waals surface area contributed by atoms with Crippen LogP contribution in [-0.4, -0.2) is 35.0 Å². The fourth-order valence-corrected chi connectivity index (χ4v) is 2.03. The monoisotopic (exact) mass is 342 g/mol. The van der Waals surface area contributed by atoms with Crippen molar-refractivity contribution in [3.8, 4) is 0 Å². The van der Waals surface area contributed by atoms with E-state index in [2.05, 4.69) is 27.5 Å². The Hall–Kier alpha value is -2.96. The van der Waals surface area contributed by atoms with E-state index in [0.29, 0.717) is 24.5 Å². The zero-order valence-corrected chi connectivity index (χ0v) is 14.4. The highest BCUT2D eigenvalue weighted by Crippen LogP contribution is 2.15. The van der Waals surface area contributed by atoms with Crippen LogP contribution in [0.2, 0.25) is 0 Å². The average molecular weight is 342 g/mol. The highest BCUT2D eigenvalue weighted by molar-refractivity contribution is 5.92. The zero-order chi connectivity index (χ0) is 18.1. The molecule has 25 heavy (non-hydrogen) atoms. The molecule has 0 aliphatic heterocycles. The van der Waals surface area contributed by atoms with Gasteiger partial charge in [0.15, 0.2) is 0 Å². The van der Waals surface area contributed by atoms with Crippen molar-refractivity contribution in [1.82, 2.24) is 15.3 Å². The number of rotatable bonds is 8. The van der Waals surface area contributed by atoms with Crippen molar-refractivity contribution in [2.75, 3.05) is 18.5 Å². The molecule has 7 heteroatoms. The summed E-state index contributed by atoms with van der Waals surface area (Å²) < 4.78 is 4.94. The number of anilines is 2. The second kappa shape index (κ2) is 9.36. The van der Waals surface area contributed by atoms with Gasteiger partial charge in [-0.1, -0.05) is 13.3 Å². The van der Waals surface area contributed by atoms with Crippen molar-refractivity contribution < 1.29 is 14.3 Å². The van der Waals surface area contributed by atoms with Crippen LogP contribution in [0.15, 0.2) is 36.7 Å². The van der Waals surface area contributed by atoms with Crippen LogP contribution in [0.1, 0.15) is 47.5 Å². The Balaban J connectivity index is 1.94. The first-order valence-corrected chi connectivity index (χ1v) is 8.28. The third-order valence-corrected chi connectivity index (χ3v) is 3.37. The maximum atomic E-state index is 11.9. The van der Waals surface area contributed by atoms with E-state index in [1.54, 1.807) is 31.2 Å². The number of nitrogens with one attached hydrogen (secondary N) is 2. The molecule has 1 amide bonds. The van der Waals surface area contributed by atoms with Crippen LogP contribution in [-0.2, 0) is 4.74 Å². The van der Waals surface area contributed by atoms with Gasteiger partial charge in [0.1, 0.15) is 11.5 Å². The standard InChI is InChI=1S/C18H22N4O3/c1-3-5-10-19-17(23)15-11-21-16(12-20-15)22-14-8-6-13(7-9-14)18(24)25-4-2/h6-9,11-12H,3-5,10H2,1-2H3,(H,19,23)(H,21,22). The van der Waals surface area contributed by atoms with Crippen LogP contribution in [0, 0.1) is 0 Å². The topological polar surface area (TPSA) is 93.2 Å². The molecule has 0 unspecified atom stereocenters. The third kappa shape index (κ3) is 5.56. The van der Waals surface area contributed by atoms with Crippen LogP contribution in [0.4, 0.5) is 11.5 Å². The van der Waals surface area contributed by atoms with E-state index in [-0.39, 0.29) is 17.6 Å². The van der Waals surface area contributed by atoms with Gasteiger partial charge in [-0.25, -0.2) is 14.8 Å². The summed E-state index contributed by atoms with van der Waals surface area (Å²) in [5.41, 5.74) is 1.51. The lowest BCUT2D eigenvalue weighted by Crippen LogP contribution is -2.25. The summed E-state index contributed by atoms with van der Waals surface area (Å²) in [5, 5.41) is 5.85. The van der Waals surface area contributed by atoms with Gasteiger partial charge in [-0.05, 0) is 37.6 Å². The predicted molar refractivity (Wildman–Crippen MR) is 95.0 cm³/mol. The van der Waals surface area contributed by atoms with Crippen molar-refractivity contribution in [3.05, 3.63) is 47.9 Å². The lowest BCUT2D eigenvalue weighted by atomic mass is 10.2. The van der Waals surface area contributed by atoms with Crippen molar-refractivity contribution in [1.29, 1.82) is 0 Å². The summed E-state index contributed by atoms with van der Waals surface area (Å²) >= 11 is 0. The van der Waals surface area contributed by atoms with Crippen molar-refractivity contribution in [2.45, 2.75) is 26.7 Å². The normalized spacial score (nSPS) is 10.2. The summed E-state index contributed by atoms with van der Waals surface area (Å²) in [7, 11) is 0. The van der Waals surface area contributed by atoms with Gasteiger partial charge >= 0.3 is 5.97 Å². The molecular weight excluding hydrogens is 320 g/mol. The van der Waals surface area contributed by atoms with Crippen LogP contribution in [0.3, 0.4) is 0 Å². The van der Waals surface area contributed by atoms with Gasteiger partial charge in [0.25, 0.3) is 5.91 Å². The van der Waals surface area contributed by atoms with Gasteiger partial charge in [0, 0.05) is 12.2 Å². The number of aromatic nitrogens is 2. The lowest BCUT2D eigenvalue weighted by molar-refractivity contribution is 0.0526. The molecular formula is C18H22N4O3. The molecule has 1 aromatic carbocycles. The molecule has 0 radical (unpaired) electrons. The molecule has 0 fully saturated rings. The molecule has 0 saturated carbocycles. The second-order valence-electron chi connectivity index (χ2n) is 5.32. The molecule has 0 atom stereocenters. The van der Waals surface area contributed by atoms with E-state index >= 15 is 0 Å². The summed E-state index contributed by atoms with van der Waals surface area (Å²) in [6, 6.07) is 6.84. The van der Waals surface area contributed by atoms with Gasteiger partial charge in [-0.15, -0.1) is 0 Å². The summed E-state index contributed by atoms with van der Waals surface area (Å²) in [5.74, 6) is -0.0763. The molecule has 0 saturated heterocycles. The molecule has 2 aromatic rings. The molecule has 2 rings (SSSR count). The number of carbonyl (C=O) groups excluding carboxylic acids is 2. The molecule has 132 valence electrons. The number of carbonyl (C=O) groups is 2. The Labute approximate surface area is 146 Å². The van der Waals surface area contributed by atoms with Gasteiger partial charge in [0.05, 0.1) is 24.6 Å². The minimum Gasteiger partial charge on any atom is -0.462 e. The second-order valence-corrected chi connectivity index (χ2v) is 5.32. The van der Waals surface area contributed by atoms with Crippen LogP contribution in [0.5, 0.6) is 0 Å². The summed E-state index contributed by atoms with van der Waals surface area (Å²) in [6.07, 6.45) is 4.87. The Morgan fingerprint density at radius 3 is 2.44 bits per heavy atom. The highest BCUT2D eigenvalue weighted by Gasteiger charge is 2.08. The number of hydrogen-bond donors (Lipinski definition) is 2. The van der Waals surface area contributed by atoms with E-state index in [4.69, 9.17) is 4.74 Å². The lowest BCUT2D eigenvalue weighted by Gasteiger charge is -2.07. The van der Waals surface area contributed by atoms with E-state index in [1.807, 2.05) is 0 Å². The molecule has 0 aliphatic carbocycles. The Kier molecular flexibility index (Phi) is 6.88. The van der Waals surface area contributed by atoms with E-state index < -0.39 is 0 Å². The molecule has 2 N–H and O–H groups in total. The maximum absolute atomic E-state index is 11.9. The number of nitrogens with zero attached hydrogens (tertiary/aromatic N) is 2. The predicted octanol–water partition coefficient (Wildman–Crippen LogP) is 2.93. The Morgan fingerprint density at radius 2 is 1.84 bits per heavy atom. The number of esters is 1. The number of hydrogen-bond acceptors (Lipinski definition) is 6. The first-order chi connectivity index (χ1) is 12.1. The summed E-state index contributed by atoms with van der Waals surface area (Å²) in [6.45, 7) is 4.79. The van der Waals surface area contributed by atoms with Gasteiger partial charge in [-0.3, -0.25) is 4.79 Å². The number of benzene rings is 1. The number of unbranched alkanes of at least 4 members (excludes halogenated alkanes) is 1. The fraction of sp³-hybridized carbons (Fsp3) is 0.333. The third-order valence-electron chi connectivity index (χ3n) is 3.37. The quantitative estimate of drug-likeness (QED) is 0.566. The van der Waals surface area contributed by atoms with Crippen molar-refractivity contribution in [2.24, 2.45) is 0 Å². The smallest absolute Gasteiger partial charge is 0.338 e. The van der Waals surface area contributed by atoms with Crippen molar-refractivity contribution >= 4 is 23.4 Å². The minimum absolute atomic E-state index is 0.230. The molecule has 0 aliphatic rings. The summed E-state index contributed by atoms with van der Waals surface area (Å²) in [4.78, 5) is 31.8. The minimum atomic E-state index is -0.354. The highest BCUT2D eigenvalue weighted by atomic mass is 16.5. The SMILES string of the molecule is CCCCNC(=O)c1cnc(Nc2ccc(C(=O)OCC)cc2)cn1. The van der Waals surface area contributed by atoms with Crippen molar-refractivity contribution in [3.63, 3.8) is 0 Å². The van der Waals surface area contributed by atoms with E-state index in [1.165, 1.54) is 12.4 Å². The van der Waals surface area contributed by atoms with E-state index in [9.17, 15) is 9.59 Å². The molecule has 1 aromatic heterocycles. The van der Waals surface area contributed by atoms with Gasteiger partial charge in [0.2, 0.25) is 0 Å². The zero-order valence-electron chi connectivity index (χ0n) is 14.4. The van der Waals surface area contributed by atoms with Crippen LogP contribution in [0.25, 0.3) is 0 Å². The largest absolute Gasteiger partial charge is 0.462 e. The Morgan fingerprint density at radius 1 is 1.08 bits per heavy atom. The van der Waals surface area contributed by atoms with Crippen LogP contribution >= 0.6 is 0 Å². The number of amides is 1.